The highest BCUT2D eigenvalue weighted by Gasteiger charge is 2.73. The van der Waals surface area contributed by atoms with Crippen molar-refractivity contribution < 1.29 is 44.3 Å². The fourth-order valence-electron chi connectivity index (χ4n) is 5.46. The fraction of sp³-hybridized carbons (Fsp3) is 0.667. The lowest BCUT2D eigenvalue weighted by Crippen LogP contribution is -2.52. The zero-order chi connectivity index (χ0) is 23.7. The molecule has 0 saturated heterocycles. The zero-order valence-electron chi connectivity index (χ0n) is 16.6. The maximum Gasteiger partial charge on any atom is 0.435 e. The number of hydrogen-bond donors (Lipinski definition) is 1. The molecule has 11 heteroatoms. The topological polar surface area (TPSA) is 29.1 Å². The number of carbonyl (C=O) groups excluding carboxylic acids is 1. The molecule has 0 spiro atoms. The Morgan fingerprint density at radius 2 is 1.56 bits per heavy atom. The third-order valence-corrected chi connectivity index (χ3v) is 7.06. The quantitative estimate of drug-likeness (QED) is 0.541. The van der Waals surface area contributed by atoms with Crippen molar-refractivity contribution in [1.29, 1.82) is 0 Å². The lowest BCUT2D eigenvalue weighted by Gasteiger charge is -2.37. The van der Waals surface area contributed by atoms with Gasteiger partial charge in [0.25, 0.3) is 5.92 Å². The number of benzene rings is 1. The van der Waals surface area contributed by atoms with Crippen LogP contribution in [0, 0.1) is 11.8 Å². The standard InChI is InChI=1S/C21H20F9NO/c22-18(23)8-12(9-18)31-17(32)16-6-5-14-13-4-2-11(7-10(13)1-3-15(14)16)19(24,20(25,26)27)21(28,29)30/h2,4,7,12,14-16H,1,3,5-6,8-9H2,(H,31,32)/t14?,15?,16-/m1/s1. The summed E-state index contributed by atoms with van der Waals surface area (Å²) in [5.74, 6) is -4.06. The van der Waals surface area contributed by atoms with Gasteiger partial charge in [-0.2, -0.15) is 26.3 Å². The van der Waals surface area contributed by atoms with E-state index in [0.717, 1.165) is 6.07 Å². The first-order valence-corrected chi connectivity index (χ1v) is 10.3. The van der Waals surface area contributed by atoms with Crippen molar-refractivity contribution >= 4 is 5.91 Å². The van der Waals surface area contributed by atoms with Crippen LogP contribution in [0.25, 0.3) is 0 Å². The molecule has 3 aliphatic carbocycles. The molecule has 178 valence electrons. The van der Waals surface area contributed by atoms with Crippen molar-refractivity contribution in [2.45, 2.75) is 74.4 Å². The van der Waals surface area contributed by atoms with E-state index in [1.54, 1.807) is 0 Å². The van der Waals surface area contributed by atoms with Gasteiger partial charge in [0, 0.05) is 30.4 Å². The third-order valence-electron chi connectivity index (χ3n) is 7.06. The van der Waals surface area contributed by atoms with Crippen molar-refractivity contribution in [1.82, 2.24) is 5.32 Å². The monoisotopic (exact) mass is 473 g/mol. The summed E-state index contributed by atoms with van der Waals surface area (Å²) in [5.41, 5.74) is -6.26. The van der Waals surface area contributed by atoms with Crippen LogP contribution in [0.1, 0.15) is 54.7 Å². The molecule has 0 aliphatic heterocycles. The van der Waals surface area contributed by atoms with Gasteiger partial charge in [-0.05, 0) is 48.6 Å². The maximum atomic E-state index is 14.4. The van der Waals surface area contributed by atoms with Crippen molar-refractivity contribution in [3.63, 3.8) is 0 Å². The van der Waals surface area contributed by atoms with E-state index in [0.29, 0.717) is 37.0 Å². The average molecular weight is 473 g/mol. The fourth-order valence-corrected chi connectivity index (χ4v) is 5.46. The second-order valence-electron chi connectivity index (χ2n) is 9.03. The van der Waals surface area contributed by atoms with E-state index in [-0.39, 0.29) is 29.7 Å². The molecule has 0 aromatic heterocycles. The highest BCUT2D eigenvalue weighted by Crippen LogP contribution is 2.55. The molecule has 2 unspecified atom stereocenters. The Hall–Kier alpha value is -1.94. The Balaban J connectivity index is 1.54. The molecule has 3 aliphatic rings. The van der Waals surface area contributed by atoms with E-state index in [4.69, 9.17) is 0 Å². The van der Waals surface area contributed by atoms with E-state index in [2.05, 4.69) is 5.32 Å². The Kier molecular flexibility index (Phi) is 5.28. The largest absolute Gasteiger partial charge is 0.435 e. The molecule has 2 saturated carbocycles. The number of aryl methyl sites for hydroxylation is 1. The normalized spacial score (nSPS) is 28.0. The molecule has 0 radical (unpaired) electrons. The first-order valence-electron chi connectivity index (χ1n) is 10.3. The van der Waals surface area contributed by atoms with Gasteiger partial charge in [-0.15, -0.1) is 0 Å². The van der Waals surface area contributed by atoms with E-state index >= 15 is 0 Å². The van der Waals surface area contributed by atoms with E-state index < -0.39 is 54.3 Å². The average Bonchev–Trinajstić information content (AvgIpc) is 3.08. The maximum absolute atomic E-state index is 14.4. The molecule has 2 fully saturated rings. The first-order chi connectivity index (χ1) is 14.6. The number of fused-ring (bicyclic) bond motifs is 3. The summed E-state index contributed by atoms with van der Waals surface area (Å²) in [6.07, 6.45) is -11.8. The number of amides is 1. The number of halogens is 9. The number of hydrogen-bond acceptors (Lipinski definition) is 1. The molecular weight excluding hydrogens is 453 g/mol. The highest BCUT2D eigenvalue weighted by molar-refractivity contribution is 5.80. The molecule has 1 N–H and O–H groups in total. The smallest absolute Gasteiger partial charge is 0.353 e. The van der Waals surface area contributed by atoms with Gasteiger partial charge in [0.15, 0.2) is 0 Å². The van der Waals surface area contributed by atoms with Gasteiger partial charge < -0.3 is 5.32 Å². The van der Waals surface area contributed by atoms with E-state index in [1.165, 1.54) is 0 Å². The van der Waals surface area contributed by atoms with Crippen molar-refractivity contribution in [2.24, 2.45) is 11.8 Å². The van der Waals surface area contributed by atoms with Crippen molar-refractivity contribution in [2.75, 3.05) is 0 Å². The molecule has 1 aromatic rings. The number of nitrogens with one attached hydrogen (secondary N) is 1. The van der Waals surface area contributed by atoms with Gasteiger partial charge >= 0.3 is 18.0 Å². The van der Waals surface area contributed by atoms with Crippen LogP contribution in [-0.2, 0) is 16.9 Å². The Bertz CT molecular complexity index is 886. The zero-order valence-corrected chi connectivity index (χ0v) is 16.6. The van der Waals surface area contributed by atoms with Gasteiger partial charge in [-0.3, -0.25) is 4.79 Å². The van der Waals surface area contributed by atoms with Crippen LogP contribution in [0.15, 0.2) is 18.2 Å². The second-order valence-corrected chi connectivity index (χ2v) is 9.03. The minimum absolute atomic E-state index is 0.0986. The lowest BCUT2D eigenvalue weighted by molar-refractivity contribution is -0.348. The molecule has 0 bridgehead atoms. The van der Waals surface area contributed by atoms with Crippen molar-refractivity contribution in [3.8, 4) is 0 Å². The minimum atomic E-state index is -6.18. The van der Waals surface area contributed by atoms with Crippen LogP contribution in [0.5, 0.6) is 0 Å². The summed E-state index contributed by atoms with van der Waals surface area (Å²) in [7, 11) is 0. The molecule has 1 aromatic carbocycles. The number of alkyl halides is 9. The lowest BCUT2D eigenvalue weighted by atomic mass is 9.73. The molecule has 3 atom stereocenters. The Morgan fingerprint density at radius 3 is 2.12 bits per heavy atom. The Morgan fingerprint density at radius 1 is 0.938 bits per heavy atom. The summed E-state index contributed by atoms with van der Waals surface area (Å²) in [4.78, 5) is 12.6. The predicted octanol–water partition coefficient (Wildman–Crippen LogP) is 5.95. The summed E-state index contributed by atoms with van der Waals surface area (Å²) < 4.78 is 119. The minimum Gasteiger partial charge on any atom is -0.353 e. The van der Waals surface area contributed by atoms with Crippen LogP contribution in [0.2, 0.25) is 0 Å². The molecule has 4 rings (SSSR count). The van der Waals surface area contributed by atoms with Crippen LogP contribution in [-0.4, -0.2) is 30.2 Å². The highest BCUT2D eigenvalue weighted by atomic mass is 19.4. The van der Waals surface area contributed by atoms with Gasteiger partial charge in [0.2, 0.25) is 5.91 Å². The predicted molar refractivity (Wildman–Crippen MR) is 94.7 cm³/mol. The molecular formula is C21H20F9NO. The second kappa shape index (κ2) is 7.28. The Labute approximate surface area is 177 Å². The molecule has 32 heavy (non-hydrogen) atoms. The van der Waals surface area contributed by atoms with Crippen molar-refractivity contribution in [3.05, 3.63) is 34.9 Å². The third kappa shape index (κ3) is 3.65. The molecule has 0 heterocycles. The summed E-state index contributed by atoms with van der Waals surface area (Å²) in [6, 6.07) is 1.65. The first kappa shape index (κ1) is 23.2. The van der Waals surface area contributed by atoms with Gasteiger partial charge in [-0.25, -0.2) is 13.2 Å². The van der Waals surface area contributed by atoms with Crippen LogP contribution in [0.3, 0.4) is 0 Å². The van der Waals surface area contributed by atoms with Crippen LogP contribution >= 0.6 is 0 Å². The van der Waals surface area contributed by atoms with Gasteiger partial charge in [0.05, 0.1) is 0 Å². The number of carbonyl (C=O) groups is 1. The molecule has 2 nitrogen and oxygen atoms in total. The van der Waals surface area contributed by atoms with E-state index in [9.17, 15) is 44.3 Å². The summed E-state index contributed by atoms with van der Waals surface area (Å²) in [5, 5.41) is 2.61. The van der Waals surface area contributed by atoms with Crippen LogP contribution < -0.4 is 5.32 Å². The van der Waals surface area contributed by atoms with E-state index in [1.807, 2.05) is 0 Å². The van der Waals surface area contributed by atoms with Crippen LogP contribution in [0.4, 0.5) is 39.5 Å². The SMILES string of the molecule is O=C(NC1CC(F)(F)C1)[C@@H]1CCC2c3ccc(C(F)(C(F)(F)F)C(F)(F)F)cc3CCC21. The summed E-state index contributed by atoms with van der Waals surface area (Å²) >= 11 is 0. The number of rotatable bonds is 3. The summed E-state index contributed by atoms with van der Waals surface area (Å²) in [6.45, 7) is 0. The van der Waals surface area contributed by atoms with Gasteiger partial charge in [-0.1, -0.05) is 18.2 Å². The molecule has 1 amide bonds. The van der Waals surface area contributed by atoms with Gasteiger partial charge in [0.1, 0.15) is 0 Å².